The maximum Gasteiger partial charge on any atom is 0.0718 e. The lowest BCUT2D eigenvalue weighted by atomic mass is 10.1. The highest BCUT2D eigenvalue weighted by molar-refractivity contribution is 4.71. The van der Waals surface area contributed by atoms with Crippen molar-refractivity contribution in [1.82, 2.24) is 4.90 Å². The van der Waals surface area contributed by atoms with Crippen LogP contribution in [0.4, 0.5) is 0 Å². The van der Waals surface area contributed by atoms with Crippen LogP contribution in [0.2, 0.25) is 0 Å². The molecule has 0 unspecified atom stereocenters. The summed E-state index contributed by atoms with van der Waals surface area (Å²) in [4.78, 5) is 2.20. The summed E-state index contributed by atoms with van der Waals surface area (Å²) in [6.45, 7) is 13.1. The number of hydrogen-bond acceptors (Lipinski definition) is 3. The Morgan fingerprint density at radius 2 is 1.93 bits per heavy atom. The molecule has 0 atom stereocenters. The Morgan fingerprint density at radius 1 is 1.36 bits per heavy atom. The Balaban J connectivity index is 3.69. The molecule has 0 heterocycles. The SMILES string of the molecule is CCN(CCOC(C)C)CC(C)(C)O. The molecule has 0 spiro atoms. The monoisotopic (exact) mass is 203 g/mol. The Kier molecular flexibility index (Phi) is 6.33. The molecule has 0 saturated carbocycles. The lowest BCUT2D eigenvalue weighted by Crippen LogP contribution is -2.40. The van der Waals surface area contributed by atoms with Gasteiger partial charge >= 0.3 is 0 Å². The minimum Gasteiger partial charge on any atom is -0.389 e. The van der Waals surface area contributed by atoms with Gasteiger partial charge in [0.05, 0.1) is 18.3 Å². The standard InChI is InChI=1S/C11H25NO2/c1-6-12(9-11(4,5)13)7-8-14-10(2)3/h10,13H,6-9H2,1-5H3. The van der Waals surface area contributed by atoms with Crippen LogP contribution in [0, 0.1) is 0 Å². The average Bonchev–Trinajstić information content (AvgIpc) is 1.99. The van der Waals surface area contributed by atoms with E-state index in [0.29, 0.717) is 6.54 Å². The van der Waals surface area contributed by atoms with Crippen molar-refractivity contribution in [3.63, 3.8) is 0 Å². The van der Waals surface area contributed by atoms with E-state index in [1.165, 1.54) is 0 Å². The molecule has 0 aliphatic rings. The largest absolute Gasteiger partial charge is 0.389 e. The number of aliphatic hydroxyl groups is 1. The van der Waals surface area contributed by atoms with Gasteiger partial charge in [-0.05, 0) is 34.2 Å². The van der Waals surface area contributed by atoms with E-state index in [1.807, 2.05) is 27.7 Å². The molecule has 0 bridgehead atoms. The van der Waals surface area contributed by atoms with Gasteiger partial charge in [0, 0.05) is 13.1 Å². The summed E-state index contributed by atoms with van der Waals surface area (Å²) < 4.78 is 5.47. The molecule has 0 fully saturated rings. The van der Waals surface area contributed by atoms with Crippen LogP contribution in [-0.4, -0.2) is 48.0 Å². The van der Waals surface area contributed by atoms with Gasteiger partial charge in [0.2, 0.25) is 0 Å². The first kappa shape index (κ1) is 13.9. The van der Waals surface area contributed by atoms with Crippen LogP contribution in [-0.2, 0) is 4.74 Å². The van der Waals surface area contributed by atoms with E-state index >= 15 is 0 Å². The van der Waals surface area contributed by atoms with Gasteiger partial charge in [-0.1, -0.05) is 6.92 Å². The Hall–Kier alpha value is -0.120. The van der Waals surface area contributed by atoms with Gasteiger partial charge in [0.15, 0.2) is 0 Å². The zero-order chi connectivity index (χ0) is 11.2. The fraction of sp³-hybridized carbons (Fsp3) is 1.00. The van der Waals surface area contributed by atoms with Gasteiger partial charge in [-0.15, -0.1) is 0 Å². The van der Waals surface area contributed by atoms with E-state index < -0.39 is 5.60 Å². The van der Waals surface area contributed by atoms with E-state index in [0.717, 1.165) is 19.7 Å². The molecule has 0 aromatic heterocycles. The van der Waals surface area contributed by atoms with Crippen LogP contribution in [0.1, 0.15) is 34.6 Å². The third-order valence-corrected chi connectivity index (χ3v) is 1.92. The molecule has 0 aromatic carbocycles. The second-order valence-electron chi connectivity index (χ2n) is 4.60. The van der Waals surface area contributed by atoms with Gasteiger partial charge in [-0.25, -0.2) is 0 Å². The van der Waals surface area contributed by atoms with Crippen molar-refractivity contribution in [2.75, 3.05) is 26.2 Å². The molecule has 0 saturated heterocycles. The minimum atomic E-state index is -0.617. The average molecular weight is 203 g/mol. The Labute approximate surface area is 88.1 Å². The van der Waals surface area contributed by atoms with Crippen molar-refractivity contribution >= 4 is 0 Å². The third-order valence-electron chi connectivity index (χ3n) is 1.92. The van der Waals surface area contributed by atoms with Crippen LogP contribution in [0.25, 0.3) is 0 Å². The number of rotatable bonds is 7. The summed E-state index contributed by atoms with van der Waals surface area (Å²) in [5.41, 5.74) is -0.617. The molecule has 0 rings (SSSR count). The van der Waals surface area contributed by atoms with E-state index in [4.69, 9.17) is 4.74 Å². The van der Waals surface area contributed by atoms with E-state index in [9.17, 15) is 5.11 Å². The quantitative estimate of drug-likeness (QED) is 0.680. The Morgan fingerprint density at radius 3 is 2.29 bits per heavy atom. The maximum atomic E-state index is 9.65. The van der Waals surface area contributed by atoms with Crippen LogP contribution in [0.5, 0.6) is 0 Å². The minimum absolute atomic E-state index is 0.288. The molecular weight excluding hydrogens is 178 g/mol. The normalized spacial score (nSPS) is 12.9. The lowest BCUT2D eigenvalue weighted by molar-refractivity contribution is 0.0154. The number of likely N-dealkylation sites (N-methyl/N-ethyl adjacent to an activating group) is 1. The van der Waals surface area contributed by atoms with Gasteiger partial charge < -0.3 is 9.84 Å². The fourth-order valence-corrected chi connectivity index (χ4v) is 1.31. The highest BCUT2D eigenvalue weighted by atomic mass is 16.5. The summed E-state index contributed by atoms with van der Waals surface area (Å²) in [5.74, 6) is 0. The first-order chi connectivity index (χ1) is 6.35. The van der Waals surface area contributed by atoms with Gasteiger partial charge in [-0.2, -0.15) is 0 Å². The summed E-state index contributed by atoms with van der Waals surface area (Å²) in [7, 11) is 0. The van der Waals surface area contributed by atoms with E-state index in [-0.39, 0.29) is 6.10 Å². The molecule has 0 aromatic rings. The lowest BCUT2D eigenvalue weighted by Gasteiger charge is -2.28. The van der Waals surface area contributed by atoms with Crippen LogP contribution < -0.4 is 0 Å². The summed E-state index contributed by atoms with van der Waals surface area (Å²) in [6, 6.07) is 0. The van der Waals surface area contributed by atoms with Crippen molar-refractivity contribution in [2.24, 2.45) is 0 Å². The predicted octanol–water partition coefficient (Wildman–Crippen LogP) is 1.50. The highest BCUT2D eigenvalue weighted by Gasteiger charge is 2.16. The molecule has 14 heavy (non-hydrogen) atoms. The molecule has 1 N–H and O–H groups in total. The van der Waals surface area contributed by atoms with E-state index in [1.54, 1.807) is 0 Å². The number of hydrogen-bond donors (Lipinski definition) is 1. The van der Waals surface area contributed by atoms with Crippen molar-refractivity contribution < 1.29 is 9.84 Å². The zero-order valence-corrected chi connectivity index (χ0v) is 10.2. The fourth-order valence-electron chi connectivity index (χ4n) is 1.31. The first-order valence-corrected chi connectivity index (χ1v) is 5.41. The molecule has 0 amide bonds. The van der Waals surface area contributed by atoms with Gasteiger partial charge in [0.1, 0.15) is 0 Å². The maximum absolute atomic E-state index is 9.65. The summed E-state index contributed by atoms with van der Waals surface area (Å²) in [5, 5.41) is 9.65. The molecule has 3 nitrogen and oxygen atoms in total. The molecule has 0 aliphatic heterocycles. The van der Waals surface area contributed by atoms with Crippen molar-refractivity contribution in [3.8, 4) is 0 Å². The van der Waals surface area contributed by atoms with Crippen LogP contribution >= 0.6 is 0 Å². The summed E-state index contributed by atoms with van der Waals surface area (Å²) >= 11 is 0. The van der Waals surface area contributed by atoms with Crippen LogP contribution in [0.3, 0.4) is 0 Å². The van der Waals surface area contributed by atoms with Gasteiger partial charge in [-0.3, -0.25) is 4.90 Å². The van der Waals surface area contributed by atoms with Crippen molar-refractivity contribution in [1.29, 1.82) is 0 Å². The zero-order valence-electron chi connectivity index (χ0n) is 10.2. The van der Waals surface area contributed by atoms with E-state index in [2.05, 4.69) is 11.8 Å². The second-order valence-corrected chi connectivity index (χ2v) is 4.60. The highest BCUT2D eigenvalue weighted by Crippen LogP contribution is 2.04. The molecular formula is C11H25NO2. The van der Waals surface area contributed by atoms with Crippen molar-refractivity contribution in [3.05, 3.63) is 0 Å². The smallest absolute Gasteiger partial charge is 0.0718 e. The molecule has 0 radical (unpaired) electrons. The topological polar surface area (TPSA) is 32.7 Å². The molecule has 0 aliphatic carbocycles. The van der Waals surface area contributed by atoms with Crippen molar-refractivity contribution in [2.45, 2.75) is 46.3 Å². The first-order valence-electron chi connectivity index (χ1n) is 5.41. The molecule has 3 heteroatoms. The predicted molar refractivity (Wildman–Crippen MR) is 59.5 cm³/mol. The third kappa shape index (κ3) is 8.48. The number of nitrogens with zero attached hydrogens (tertiary/aromatic N) is 1. The Bertz CT molecular complexity index is 141. The van der Waals surface area contributed by atoms with Crippen LogP contribution in [0.15, 0.2) is 0 Å². The summed E-state index contributed by atoms with van der Waals surface area (Å²) in [6.07, 6.45) is 0.288. The number of ether oxygens (including phenoxy) is 1. The molecule has 86 valence electrons. The van der Waals surface area contributed by atoms with Gasteiger partial charge in [0.25, 0.3) is 0 Å². The second kappa shape index (κ2) is 6.38.